The Bertz CT molecular complexity index is 1220. The van der Waals surface area contributed by atoms with Crippen LogP contribution in [0.5, 0.6) is 0 Å². The first-order valence-electron chi connectivity index (χ1n) is 35.6. The van der Waals surface area contributed by atoms with Gasteiger partial charge in [-0.1, -0.05) is 353 Å². The van der Waals surface area contributed by atoms with Gasteiger partial charge in [0, 0.05) is 12.8 Å². The highest BCUT2D eigenvalue weighted by Crippen LogP contribution is 2.19. The summed E-state index contributed by atoms with van der Waals surface area (Å²) in [5.41, 5.74) is 0. The highest BCUT2D eigenvalue weighted by molar-refractivity contribution is 5.76. The van der Waals surface area contributed by atoms with Gasteiger partial charge in [0.15, 0.2) is 0 Å². The molecule has 462 valence electrons. The molecule has 0 aromatic rings. The normalized spacial score (nSPS) is 12.6. The molecule has 0 radical (unpaired) electrons. The lowest BCUT2D eigenvalue weighted by atomic mass is 10.0. The first-order chi connectivity index (χ1) is 38.5. The molecule has 78 heavy (non-hydrogen) atoms. The van der Waals surface area contributed by atoms with Crippen LogP contribution in [-0.4, -0.2) is 47.4 Å². The monoisotopic (exact) mass is 1100 g/mol. The van der Waals surface area contributed by atoms with Crippen molar-refractivity contribution in [2.45, 2.75) is 411 Å². The Labute approximate surface area is 488 Å². The third-order valence-corrected chi connectivity index (χ3v) is 16.7. The average Bonchev–Trinajstić information content (AvgIpc) is 3.44. The van der Waals surface area contributed by atoms with Crippen molar-refractivity contribution in [3.63, 3.8) is 0 Å². The van der Waals surface area contributed by atoms with Gasteiger partial charge in [-0.3, -0.25) is 9.59 Å². The van der Waals surface area contributed by atoms with Crippen LogP contribution in [-0.2, 0) is 14.3 Å². The van der Waals surface area contributed by atoms with Crippen LogP contribution in [0, 0.1) is 0 Å². The first-order valence-corrected chi connectivity index (χ1v) is 35.6. The van der Waals surface area contributed by atoms with Crippen LogP contribution < -0.4 is 5.32 Å². The molecule has 0 spiro atoms. The van der Waals surface area contributed by atoms with Gasteiger partial charge in [-0.05, 0) is 57.8 Å². The van der Waals surface area contributed by atoms with E-state index in [1.54, 1.807) is 6.08 Å². The van der Waals surface area contributed by atoms with Gasteiger partial charge in [0.2, 0.25) is 5.91 Å². The standard InChI is InChI=1S/C72H139NO5/c1-3-5-7-9-11-13-14-15-39-43-46-50-54-58-62-66-72(77)78-67-63-59-55-51-47-44-41-38-36-34-32-30-28-26-24-22-20-18-16-17-19-21-23-25-27-29-31-33-35-37-40-42-45-49-53-57-61-65-71(76)73-69(68-74)70(75)64-60-56-52-48-12-10-8-6-4-2/h15,39,60,64,69-70,74-75H,3-14,16-38,40-59,61-63,65-68H2,1-2H3,(H,73,76)/b39-15-,64-60+. The van der Waals surface area contributed by atoms with E-state index in [1.165, 1.54) is 327 Å². The molecular weight excluding hydrogens is 959 g/mol. The number of carbonyl (C=O) groups excluding carboxylic acids is 2. The summed E-state index contributed by atoms with van der Waals surface area (Å²) in [6.07, 6.45) is 85.8. The second kappa shape index (κ2) is 67.8. The summed E-state index contributed by atoms with van der Waals surface area (Å²) < 4.78 is 5.50. The van der Waals surface area contributed by atoms with Crippen LogP contribution in [0.3, 0.4) is 0 Å². The Kier molecular flexibility index (Phi) is 66.4. The molecule has 6 heteroatoms. The number of ether oxygens (including phenoxy) is 1. The van der Waals surface area contributed by atoms with Gasteiger partial charge in [0.05, 0.1) is 25.4 Å². The average molecular weight is 1100 g/mol. The van der Waals surface area contributed by atoms with Gasteiger partial charge < -0.3 is 20.3 Å². The van der Waals surface area contributed by atoms with Crippen molar-refractivity contribution >= 4 is 11.9 Å². The Morgan fingerprint density at radius 1 is 0.346 bits per heavy atom. The largest absolute Gasteiger partial charge is 0.466 e. The maximum absolute atomic E-state index is 12.4. The molecular formula is C72H139NO5. The molecule has 0 saturated carbocycles. The van der Waals surface area contributed by atoms with E-state index in [9.17, 15) is 19.8 Å². The fraction of sp³-hybridized carbons (Fsp3) is 0.917. The lowest BCUT2D eigenvalue weighted by molar-refractivity contribution is -0.143. The van der Waals surface area contributed by atoms with E-state index in [0.717, 1.165) is 44.9 Å². The molecule has 0 aliphatic rings. The topological polar surface area (TPSA) is 95.9 Å². The van der Waals surface area contributed by atoms with Gasteiger partial charge >= 0.3 is 5.97 Å². The quantitative estimate of drug-likeness (QED) is 0.0320. The number of hydrogen-bond donors (Lipinski definition) is 3. The third-order valence-electron chi connectivity index (χ3n) is 16.7. The van der Waals surface area contributed by atoms with Crippen LogP contribution in [0.2, 0.25) is 0 Å². The van der Waals surface area contributed by atoms with Gasteiger partial charge in [-0.25, -0.2) is 0 Å². The zero-order valence-corrected chi connectivity index (χ0v) is 52.9. The van der Waals surface area contributed by atoms with Crippen LogP contribution in [0.1, 0.15) is 399 Å². The highest BCUT2D eigenvalue weighted by Gasteiger charge is 2.18. The molecule has 0 fully saturated rings. The van der Waals surface area contributed by atoms with Crippen molar-refractivity contribution in [1.82, 2.24) is 5.32 Å². The fourth-order valence-electron chi connectivity index (χ4n) is 11.3. The number of esters is 1. The summed E-state index contributed by atoms with van der Waals surface area (Å²) in [5, 5.41) is 23.0. The van der Waals surface area contributed by atoms with E-state index in [-0.39, 0.29) is 18.5 Å². The van der Waals surface area contributed by atoms with Crippen molar-refractivity contribution in [1.29, 1.82) is 0 Å². The molecule has 2 unspecified atom stereocenters. The van der Waals surface area contributed by atoms with Crippen molar-refractivity contribution < 1.29 is 24.5 Å². The molecule has 0 aliphatic heterocycles. The van der Waals surface area contributed by atoms with E-state index in [0.29, 0.717) is 19.4 Å². The molecule has 6 nitrogen and oxygen atoms in total. The SMILES string of the molecule is CCCCCCCC/C=C\CCCCCCCC(=O)OCCCCCCCCCCCCCCCCCCCCCCCCCCCCCCCCCCCCCCCC(=O)NC(CO)C(O)/C=C/CCCCCCCCC. The Hall–Kier alpha value is -1.66. The van der Waals surface area contributed by atoms with E-state index in [1.807, 2.05) is 6.08 Å². The lowest BCUT2D eigenvalue weighted by Crippen LogP contribution is -2.45. The molecule has 1 amide bonds. The summed E-state index contributed by atoms with van der Waals surface area (Å²) in [4.78, 5) is 24.5. The fourth-order valence-corrected chi connectivity index (χ4v) is 11.3. The zero-order valence-electron chi connectivity index (χ0n) is 52.9. The highest BCUT2D eigenvalue weighted by atomic mass is 16.5. The molecule has 2 atom stereocenters. The maximum Gasteiger partial charge on any atom is 0.305 e. The summed E-state index contributed by atoms with van der Waals surface area (Å²) in [7, 11) is 0. The summed E-state index contributed by atoms with van der Waals surface area (Å²) in [6.45, 7) is 4.90. The maximum atomic E-state index is 12.4. The number of unbranched alkanes of at least 4 members (excludes halogenated alkanes) is 54. The number of carbonyl (C=O) groups is 2. The van der Waals surface area contributed by atoms with Crippen molar-refractivity contribution in [2.75, 3.05) is 13.2 Å². The number of hydrogen-bond acceptors (Lipinski definition) is 5. The Morgan fingerprint density at radius 2 is 0.603 bits per heavy atom. The van der Waals surface area contributed by atoms with Crippen LogP contribution >= 0.6 is 0 Å². The number of rotatable bonds is 67. The minimum Gasteiger partial charge on any atom is -0.466 e. The van der Waals surface area contributed by atoms with E-state index in [4.69, 9.17) is 4.74 Å². The molecule has 3 N–H and O–H groups in total. The van der Waals surface area contributed by atoms with Gasteiger partial charge in [-0.15, -0.1) is 0 Å². The molecule has 0 saturated heterocycles. The van der Waals surface area contributed by atoms with Gasteiger partial charge in [0.25, 0.3) is 0 Å². The van der Waals surface area contributed by atoms with E-state index >= 15 is 0 Å². The molecule has 0 bridgehead atoms. The zero-order chi connectivity index (χ0) is 56.4. The number of allylic oxidation sites excluding steroid dienone is 3. The number of amides is 1. The second-order valence-electron chi connectivity index (χ2n) is 24.6. The second-order valence-corrected chi connectivity index (χ2v) is 24.6. The Morgan fingerprint density at radius 3 is 0.910 bits per heavy atom. The summed E-state index contributed by atoms with van der Waals surface area (Å²) in [6, 6.07) is -0.621. The third kappa shape index (κ3) is 63.5. The summed E-state index contributed by atoms with van der Waals surface area (Å²) >= 11 is 0. The predicted molar refractivity (Wildman–Crippen MR) is 343 cm³/mol. The predicted octanol–water partition coefficient (Wildman–Crippen LogP) is 22.9. The number of nitrogens with one attached hydrogen (secondary N) is 1. The lowest BCUT2D eigenvalue weighted by Gasteiger charge is -2.20. The molecule has 0 rings (SSSR count). The Balaban J connectivity index is 3.27. The molecule has 0 heterocycles. The molecule has 0 aromatic carbocycles. The van der Waals surface area contributed by atoms with E-state index in [2.05, 4.69) is 31.3 Å². The minimum absolute atomic E-state index is 0.0157. The van der Waals surface area contributed by atoms with Gasteiger partial charge in [0.1, 0.15) is 0 Å². The van der Waals surface area contributed by atoms with Crippen LogP contribution in [0.25, 0.3) is 0 Å². The molecule has 0 aliphatic carbocycles. The van der Waals surface area contributed by atoms with Crippen LogP contribution in [0.15, 0.2) is 24.3 Å². The van der Waals surface area contributed by atoms with Crippen LogP contribution in [0.4, 0.5) is 0 Å². The van der Waals surface area contributed by atoms with Crippen molar-refractivity contribution in [2.24, 2.45) is 0 Å². The van der Waals surface area contributed by atoms with Crippen molar-refractivity contribution in [3.8, 4) is 0 Å². The number of aliphatic hydroxyl groups excluding tert-OH is 2. The van der Waals surface area contributed by atoms with Gasteiger partial charge in [-0.2, -0.15) is 0 Å². The smallest absolute Gasteiger partial charge is 0.305 e. The number of aliphatic hydroxyl groups is 2. The molecule has 0 aromatic heterocycles. The summed E-state index contributed by atoms with van der Waals surface area (Å²) in [5.74, 6) is -0.0477. The van der Waals surface area contributed by atoms with Crippen molar-refractivity contribution in [3.05, 3.63) is 24.3 Å². The minimum atomic E-state index is -0.837. The van der Waals surface area contributed by atoms with E-state index < -0.39 is 12.1 Å². The first kappa shape index (κ1) is 76.3.